The van der Waals surface area contributed by atoms with Crippen LogP contribution in [0.1, 0.15) is 11.1 Å². The molecule has 2 N–H and O–H groups in total. The lowest BCUT2D eigenvalue weighted by Gasteiger charge is -2.10. The molecule has 74 valence electrons. The van der Waals surface area contributed by atoms with Crippen molar-refractivity contribution in [3.05, 3.63) is 28.3 Å². The minimum atomic E-state index is 0.0665. The Bertz CT molecular complexity index is 371. The van der Waals surface area contributed by atoms with Crippen LogP contribution in [0, 0.1) is 18.3 Å². The Kier molecular flexibility index (Phi) is 3.75. The van der Waals surface area contributed by atoms with E-state index < -0.39 is 0 Å². The fraction of sp³-hybridized carbons (Fsp3) is 0.300. The standard InChI is InChI=1S/C10H11ClN2O/c1-7-9(13-4-5-14)3-2-8(6-12)10(7)11/h2-3,13-14H,4-5H2,1H3. The van der Waals surface area contributed by atoms with E-state index in [0.29, 0.717) is 17.1 Å². The van der Waals surface area contributed by atoms with Crippen molar-refractivity contribution in [2.45, 2.75) is 6.92 Å². The van der Waals surface area contributed by atoms with Crippen molar-refractivity contribution in [2.24, 2.45) is 0 Å². The van der Waals surface area contributed by atoms with Crippen molar-refractivity contribution in [2.75, 3.05) is 18.5 Å². The van der Waals surface area contributed by atoms with Crippen LogP contribution in [-0.4, -0.2) is 18.3 Å². The summed E-state index contributed by atoms with van der Waals surface area (Å²) in [6.07, 6.45) is 0. The van der Waals surface area contributed by atoms with E-state index >= 15 is 0 Å². The van der Waals surface area contributed by atoms with Gasteiger partial charge in [0.2, 0.25) is 0 Å². The number of nitriles is 1. The van der Waals surface area contributed by atoms with Crippen LogP contribution in [0.5, 0.6) is 0 Å². The van der Waals surface area contributed by atoms with Gasteiger partial charge in [0, 0.05) is 12.2 Å². The van der Waals surface area contributed by atoms with Crippen LogP contribution in [-0.2, 0) is 0 Å². The van der Waals surface area contributed by atoms with Crippen LogP contribution in [0.4, 0.5) is 5.69 Å². The van der Waals surface area contributed by atoms with Crippen LogP contribution < -0.4 is 5.32 Å². The highest BCUT2D eigenvalue weighted by atomic mass is 35.5. The first kappa shape index (κ1) is 10.8. The van der Waals surface area contributed by atoms with Crippen LogP contribution in [0.15, 0.2) is 12.1 Å². The van der Waals surface area contributed by atoms with Gasteiger partial charge in [-0.2, -0.15) is 5.26 Å². The maximum absolute atomic E-state index is 8.71. The average Bonchev–Trinajstić information content (AvgIpc) is 2.20. The van der Waals surface area contributed by atoms with E-state index in [0.717, 1.165) is 11.3 Å². The first-order chi connectivity index (χ1) is 6.70. The summed E-state index contributed by atoms with van der Waals surface area (Å²) < 4.78 is 0. The zero-order chi connectivity index (χ0) is 10.6. The first-order valence-electron chi connectivity index (χ1n) is 4.24. The van der Waals surface area contributed by atoms with Gasteiger partial charge >= 0.3 is 0 Å². The lowest BCUT2D eigenvalue weighted by Crippen LogP contribution is -2.06. The molecule has 0 amide bonds. The molecule has 1 aromatic carbocycles. The molecule has 0 aliphatic heterocycles. The predicted molar refractivity (Wildman–Crippen MR) is 56.5 cm³/mol. The highest BCUT2D eigenvalue weighted by Crippen LogP contribution is 2.26. The van der Waals surface area contributed by atoms with Gasteiger partial charge in [-0.3, -0.25) is 0 Å². The number of benzene rings is 1. The topological polar surface area (TPSA) is 56.0 Å². The van der Waals surface area contributed by atoms with E-state index in [-0.39, 0.29) is 6.61 Å². The summed E-state index contributed by atoms with van der Waals surface area (Å²) in [6.45, 7) is 2.38. The molecule has 0 aromatic heterocycles. The highest BCUT2D eigenvalue weighted by Gasteiger charge is 2.06. The molecule has 4 heteroatoms. The molecule has 0 aliphatic carbocycles. The zero-order valence-corrected chi connectivity index (χ0v) is 8.60. The van der Waals surface area contributed by atoms with Crippen molar-refractivity contribution >= 4 is 17.3 Å². The van der Waals surface area contributed by atoms with Gasteiger partial charge in [-0.1, -0.05) is 11.6 Å². The fourth-order valence-electron chi connectivity index (χ4n) is 1.15. The second kappa shape index (κ2) is 4.85. The van der Waals surface area contributed by atoms with Gasteiger partial charge in [-0.15, -0.1) is 0 Å². The molecule has 0 unspecified atom stereocenters. The fourth-order valence-corrected chi connectivity index (χ4v) is 1.36. The predicted octanol–water partition coefficient (Wildman–Crippen LogP) is 1.92. The second-order valence-corrected chi connectivity index (χ2v) is 3.24. The smallest absolute Gasteiger partial charge is 0.101 e. The molecule has 0 spiro atoms. The molecule has 0 aliphatic rings. The maximum Gasteiger partial charge on any atom is 0.101 e. The van der Waals surface area contributed by atoms with Crippen LogP contribution in [0.2, 0.25) is 5.02 Å². The molecule has 0 fully saturated rings. The normalized spacial score (nSPS) is 9.57. The van der Waals surface area contributed by atoms with Crippen molar-refractivity contribution in [1.82, 2.24) is 0 Å². The third-order valence-corrected chi connectivity index (χ3v) is 2.42. The van der Waals surface area contributed by atoms with E-state index in [1.165, 1.54) is 0 Å². The van der Waals surface area contributed by atoms with Gasteiger partial charge < -0.3 is 10.4 Å². The summed E-state index contributed by atoms with van der Waals surface area (Å²) in [4.78, 5) is 0. The molecule has 0 bridgehead atoms. The van der Waals surface area contributed by atoms with Gasteiger partial charge in [0.25, 0.3) is 0 Å². The summed E-state index contributed by atoms with van der Waals surface area (Å²) in [6, 6.07) is 5.46. The number of hydrogen-bond acceptors (Lipinski definition) is 3. The second-order valence-electron chi connectivity index (χ2n) is 2.86. The molecular weight excluding hydrogens is 200 g/mol. The Hall–Kier alpha value is -1.24. The number of anilines is 1. The average molecular weight is 211 g/mol. The van der Waals surface area contributed by atoms with Crippen molar-refractivity contribution < 1.29 is 5.11 Å². The Morgan fingerprint density at radius 3 is 2.86 bits per heavy atom. The van der Waals surface area contributed by atoms with E-state index in [9.17, 15) is 0 Å². The number of rotatable bonds is 3. The molecule has 0 saturated heterocycles. The first-order valence-corrected chi connectivity index (χ1v) is 4.62. The highest BCUT2D eigenvalue weighted by molar-refractivity contribution is 6.32. The Balaban J connectivity index is 3.00. The molecule has 3 nitrogen and oxygen atoms in total. The molecule has 1 rings (SSSR count). The molecular formula is C10H11ClN2O. The third kappa shape index (κ3) is 2.16. The number of halogens is 1. The lowest BCUT2D eigenvalue weighted by molar-refractivity contribution is 0.311. The zero-order valence-electron chi connectivity index (χ0n) is 7.84. The SMILES string of the molecule is Cc1c(NCCO)ccc(C#N)c1Cl. The van der Waals surface area contributed by atoms with Crippen LogP contribution in [0.3, 0.4) is 0 Å². The number of nitrogens with one attached hydrogen (secondary N) is 1. The van der Waals surface area contributed by atoms with Crippen molar-refractivity contribution in [3.8, 4) is 6.07 Å². The maximum atomic E-state index is 8.71. The third-order valence-electron chi connectivity index (χ3n) is 1.93. The summed E-state index contributed by atoms with van der Waals surface area (Å²) >= 11 is 5.95. The summed E-state index contributed by atoms with van der Waals surface area (Å²) in [5.74, 6) is 0. The number of aliphatic hydroxyl groups is 1. The van der Waals surface area contributed by atoms with Crippen molar-refractivity contribution in [3.63, 3.8) is 0 Å². The molecule has 0 atom stereocenters. The Morgan fingerprint density at radius 1 is 1.57 bits per heavy atom. The van der Waals surface area contributed by atoms with Gasteiger partial charge in [0.15, 0.2) is 0 Å². The van der Waals surface area contributed by atoms with Gasteiger partial charge in [-0.25, -0.2) is 0 Å². The van der Waals surface area contributed by atoms with E-state index in [1.807, 2.05) is 13.0 Å². The van der Waals surface area contributed by atoms with Gasteiger partial charge in [-0.05, 0) is 24.6 Å². The minimum absolute atomic E-state index is 0.0665. The van der Waals surface area contributed by atoms with E-state index in [2.05, 4.69) is 5.32 Å². The number of nitrogens with zero attached hydrogens (tertiary/aromatic N) is 1. The molecule has 1 aromatic rings. The van der Waals surface area contributed by atoms with E-state index in [4.69, 9.17) is 22.0 Å². The van der Waals surface area contributed by atoms with Gasteiger partial charge in [0.05, 0.1) is 17.2 Å². The molecule has 0 radical (unpaired) electrons. The van der Waals surface area contributed by atoms with Crippen LogP contribution in [0.25, 0.3) is 0 Å². The Labute approximate surface area is 87.9 Å². The number of hydrogen-bond donors (Lipinski definition) is 2. The largest absolute Gasteiger partial charge is 0.395 e. The Morgan fingerprint density at radius 2 is 2.29 bits per heavy atom. The number of aliphatic hydroxyl groups excluding tert-OH is 1. The minimum Gasteiger partial charge on any atom is -0.395 e. The monoisotopic (exact) mass is 210 g/mol. The molecule has 0 heterocycles. The van der Waals surface area contributed by atoms with Gasteiger partial charge in [0.1, 0.15) is 6.07 Å². The molecule has 14 heavy (non-hydrogen) atoms. The summed E-state index contributed by atoms with van der Waals surface area (Å²) in [5, 5.41) is 20.8. The van der Waals surface area contributed by atoms with E-state index in [1.54, 1.807) is 12.1 Å². The van der Waals surface area contributed by atoms with Crippen LogP contribution >= 0.6 is 11.6 Å². The lowest BCUT2D eigenvalue weighted by atomic mass is 10.1. The summed E-state index contributed by atoms with van der Waals surface area (Å²) in [5.41, 5.74) is 2.15. The van der Waals surface area contributed by atoms with Crippen molar-refractivity contribution in [1.29, 1.82) is 5.26 Å². The summed E-state index contributed by atoms with van der Waals surface area (Å²) in [7, 11) is 0. The quantitative estimate of drug-likeness (QED) is 0.802. The molecule has 0 saturated carbocycles.